The standard InChI is InChI=1S/C17H17NO/c1-13-8-11-18-12-15(13)16(19)17(9-5-10-17)14-6-3-2-4-7-14/h2-4,6-8,11-12H,5,9-10H2,1H3. The van der Waals surface area contributed by atoms with Gasteiger partial charge in [-0.05, 0) is 37.0 Å². The molecule has 0 atom stereocenters. The predicted octanol–water partition coefficient (Wildman–Crippen LogP) is 3.69. The summed E-state index contributed by atoms with van der Waals surface area (Å²) in [5, 5.41) is 0. The molecule has 0 amide bonds. The van der Waals surface area contributed by atoms with Gasteiger partial charge in [-0.25, -0.2) is 0 Å². The number of ketones is 1. The van der Waals surface area contributed by atoms with Gasteiger partial charge in [0.25, 0.3) is 0 Å². The Morgan fingerprint density at radius 2 is 1.89 bits per heavy atom. The summed E-state index contributed by atoms with van der Waals surface area (Å²) in [7, 11) is 0. The van der Waals surface area contributed by atoms with E-state index in [4.69, 9.17) is 0 Å². The second-order valence-electron chi connectivity index (χ2n) is 5.32. The summed E-state index contributed by atoms with van der Waals surface area (Å²) in [6, 6.07) is 12.1. The van der Waals surface area contributed by atoms with Crippen LogP contribution in [0.15, 0.2) is 48.8 Å². The number of carbonyl (C=O) groups is 1. The zero-order chi connectivity index (χ0) is 13.3. The Kier molecular flexibility index (Phi) is 2.94. The maximum Gasteiger partial charge on any atom is 0.175 e. The van der Waals surface area contributed by atoms with Gasteiger partial charge in [-0.2, -0.15) is 0 Å². The van der Waals surface area contributed by atoms with E-state index in [1.54, 1.807) is 12.4 Å². The van der Waals surface area contributed by atoms with Crippen LogP contribution in [0.25, 0.3) is 0 Å². The van der Waals surface area contributed by atoms with Crippen LogP contribution in [0.4, 0.5) is 0 Å². The van der Waals surface area contributed by atoms with Crippen molar-refractivity contribution in [2.75, 3.05) is 0 Å². The van der Waals surface area contributed by atoms with Crippen LogP contribution in [-0.4, -0.2) is 10.8 Å². The van der Waals surface area contributed by atoms with Crippen molar-refractivity contribution in [1.29, 1.82) is 0 Å². The van der Waals surface area contributed by atoms with Crippen LogP contribution in [0.1, 0.15) is 40.7 Å². The molecule has 1 aromatic carbocycles. The average molecular weight is 251 g/mol. The second kappa shape index (κ2) is 4.61. The van der Waals surface area contributed by atoms with Gasteiger partial charge in [-0.15, -0.1) is 0 Å². The molecular formula is C17H17NO. The minimum Gasteiger partial charge on any atom is -0.293 e. The van der Waals surface area contributed by atoms with Crippen LogP contribution in [0, 0.1) is 6.92 Å². The molecule has 0 bridgehead atoms. The Hall–Kier alpha value is -1.96. The van der Waals surface area contributed by atoms with Crippen molar-refractivity contribution < 1.29 is 4.79 Å². The lowest BCUT2D eigenvalue weighted by molar-refractivity contribution is 0.0788. The summed E-state index contributed by atoms with van der Waals surface area (Å²) >= 11 is 0. The van der Waals surface area contributed by atoms with Gasteiger partial charge in [0, 0.05) is 18.0 Å². The average Bonchev–Trinajstić information content (AvgIpc) is 2.39. The molecular weight excluding hydrogens is 234 g/mol. The van der Waals surface area contributed by atoms with Gasteiger partial charge in [-0.3, -0.25) is 9.78 Å². The Labute approximate surface area is 113 Å². The molecule has 0 N–H and O–H groups in total. The van der Waals surface area contributed by atoms with E-state index in [0.29, 0.717) is 0 Å². The quantitative estimate of drug-likeness (QED) is 0.779. The number of nitrogens with zero attached hydrogens (tertiary/aromatic N) is 1. The van der Waals surface area contributed by atoms with Gasteiger partial charge >= 0.3 is 0 Å². The molecule has 2 heteroatoms. The third-order valence-electron chi connectivity index (χ3n) is 4.25. The third-order valence-corrected chi connectivity index (χ3v) is 4.25. The van der Waals surface area contributed by atoms with Gasteiger partial charge in [0.2, 0.25) is 0 Å². The van der Waals surface area contributed by atoms with Crippen molar-refractivity contribution in [2.24, 2.45) is 0 Å². The number of aryl methyl sites for hydroxylation is 1. The molecule has 19 heavy (non-hydrogen) atoms. The van der Waals surface area contributed by atoms with E-state index in [9.17, 15) is 4.79 Å². The second-order valence-corrected chi connectivity index (χ2v) is 5.32. The van der Waals surface area contributed by atoms with E-state index in [1.807, 2.05) is 31.2 Å². The molecule has 3 rings (SSSR count). The highest BCUT2D eigenvalue weighted by Gasteiger charge is 2.45. The molecule has 0 unspecified atom stereocenters. The minimum atomic E-state index is -0.310. The van der Waals surface area contributed by atoms with Crippen molar-refractivity contribution in [2.45, 2.75) is 31.6 Å². The van der Waals surface area contributed by atoms with Crippen LogP contribution in [0.5, 0.6) is 0 Å². The van der Waals surface area contributed by atoms with E-state index in [1.165, 1.54) is 0 Å². The van der Waals surface area contributed by atoms with Gasteiger partial charge in [0.05, 0.1) is 5.41 Å². The summed E-state index contributed by atoms with van der Waals surface area (Å²) in [4.78, 5) is 17.0. The molecule has 1 aromatic heterocycles. The van der Waals surface area contributed by atoms with E-state index in [-0.39, 0.29) is 11.2 Å². The van der Waals surface area contributed by atoms with Gasteiger partial charge in [0.15, 0.2) is 5.78 Å². The maximum atomic E-state index is 12.9. The largest absolute Gasteiger partial charge is 0.293 e. The number of carbonyl (C=O) groups excluding carboxylic acids is 1. The molecule has 1 heterocycles. The number of hydrogen-bond acceptors (Lipinski definition) is 2. The minimum absolute atomic E-state index is 0.232. The van der Waals surface area contributed by atoms with Crippen LogP contribution in [0.2, 0.25) is 0 Å². The number of hydrogen-bond donors (Lipinski definition) is 0. The number of pyridine rings is 1. The summed E-state index contributed by atoms with van der Waals surface area (Å²) in [6.07, 6.45) is 6.47. The monoisotopic (exact) mass is 251 g/mol. The highest BCUT2D eigenvalue weighted by Crippen LogP contribution is 2.46. The van der Waals surface area contributed by atoms with Crippen LogP contribution < -0.4 is 0 Å². The van der Waals surface area contributed by atoms with Crippen LogP contribution in [-0.2, 0) is 5.41 Å². The van der Waals surface area contributed by atoms with Gasteiger partial charge < -0.3 is 0 Å². The van der Waals surface area contributed by atoms with Crippen LogP contribution in [0.3, 0.4) is 0 Å². The summed E-state index contributed by atoms with van der Waals surface area (Å²) in [5.74, 6) is 0.232. The number of aromatic nitrogens is 1. The fourth-order valence-electron chi connectivity index (χ4n) is 2.89. The van der Waals surface area contributed by atoms with Gasteiger partial charge in [0.1, 0.15) is 0 Å². The lowest BCUT2D eigenvalue weighted by atomic mass is 9.60. The Balaban J connectivity index is 2.04. The van der Waals surface area contributed by atoms with Crippen molar-refractivity contribution in [3.63, 3.8) is 0 Å². The van der Waals surface area contributed by atoms with Crippen LogP contribution >= 0.6 is 0 Å². The zero-order valence-electron chi connectivity index (χ0n) is 11.1. The lowest BCUT2D eigenvalue weighted by Gasteiger charge is -2.41. The van der Waals surface area contributed by atoms with Crippen molar-refractivity contribution in [3.8, 4) is 0 Å². The fourth-order valence-corrected chi connectivity index (χ4v) is 2.89. The zero-order valence-corrected chi connectivity index (χ0v) is 11.1. The fraction of sp³-hybridized carbons (Fsp3) is 0.294. The molecule has 1 aliphatic rings. The topological polar surface area (TPSA) is 30.0 Å². The van der Waals surface area contributed by atoms with Crippen molar-refractivity contribution >= 4 is 5.78 Å². The number of benzene rings is 1. The summed E-state index contributed by atoms with van der Waals surface area (Å²) in [6.45, 7) is 1.98. The molecule has 96 valence electrons. The first-order valence-corrected chi connectivity index (χ1v) is 6.75. The molecule has 0 saturated heterocycles. The Morgan fingerprint density at radius 1 is 1.16 bits per heavy atom. The van der Waals surface area contributed by atoms with Crippen molar-refractivity contribution in [1.82, 2.24) is 4.98 Å². The molecule has 1 fully saturated rings. The van der Waals surface area contributed by atoms with E-state index < -0.39 is 0 Å². The summed E-state index contributed by atoms with van der Waals surface area (Å²) in [5.41, 5.74) is 2.62. The molecule has 0 radical (unpaired) electrons. The highest BCUT2D eigenvalue weighted by atomic mass is 16.1. The molecule has 0 aliphatic heterocycles. The van der Waals surface area contributed by atoms with Gasteiger partial charge in [-0.1, -0.05) is 36.8 Å². The Bertz CT molecular complexity index is 600. The lowest BCUT2D eigenvalue weighted by Crippen LogP contribution is -2.42. The van der Waals surface area contributed by atoms with E-state index in [0.717, 1.165) is 36.0 Å². The van der Waals surface area contributed by atoms with Crippen molar-refractivity contribution in [3.05, 3.63) is 65.5 Å². The smallest absolute Gasteiger partial charge is 0.175 e. The number of rotatable bonds is 3. The Morgan fingerprint density at radius 3 is 2.47 bits per heavy atom. The molecule has 0 spiro atoms. The first kappa shape index (κ1) is 12.1. The van der Waals surface area contributed by atoms with E-state index in [2.05, 4.69) is 17.1 Å². The third kappa shape index (κ3) is 1.88. The first-order valence-electron chi connectivity index (χ1n) is 6.75. The normalized spacial score (nSPS) is 16.7. The molecule has 1 aliphatic carbocycles. The predicted molar refractivity (Wildman–Crippen MR) is 75.3 cm³/mol. The maximum absolute atomic E-state index is 12.9. The first-order chi connectivity index (χ1) is 9.24. The van der Waals surface area contributed by atoms with E-state index >= 15 is 0 Å². The summed E-state index contributed by atoms with van der Waals surface area (Å²) < 4.78 is 0. The number of Topliss-reactive ketones (excluding diaryl/α,β-unsaturated/α-hetero) is 1. The molecule has 2 nitrogen and oxygen atoms in total. The highest BCUT2D eigenvalue weighted by molar-refractivity contribution is 6.05. The molecule has 2 aromatic rings. The molecule has 1 saturated carbocycles. The SMILES string of the molecule is Cc1ccncc1C(=O)C1(c2ccccc2)CCC1.